The number of nitrogens with zero attached hydrogens (tertiary/aromatic N) is 1. The molecule has 4 heteroatoms. The summed E-state index contributed by atoms with van der Waals surface area (Å²) in [5, 5.41) is 9.69. The lowest BCUT2D eigenvalue weighted by molar-refractivity contribution is -0.123. The fourth-order valence-corrected chi connectivity index (χ4v) is 1.78. The highest BCUT2D eigenvalue weighted by atomic mass is 16.3. The molecule has 0 heterocycles. The van der Waals surface area contributed by atoms with Crippen LogP contribution in [0.1, 0.15) is 26.2 Å². The summed E-state index contributed by atoms with van der Waals surface area (Å²) in [6.45, 7) is 2.47. The van der Waals surface area contributed by atoms with Crippen LogP contribution in [0.2, 0.25) is 0 Å². The average molecular weight is 200 g/mol. The van der Waals surface area contributed by atoms with Crippen LogP contribution in [0, 0.1) is 5.92 Å². The van der Waals surface area contributed by atoms with Gasteiger partial charge in [0.1, 0.15) is 0 Å². The van der Waals surface area contributed by atoms with E-state index >= 15 is 0 Å². The third-order valence-electron chi connectivity index (χ3n) is 2.89. The molecule has 1 fully saturated rings. The van der Waals surface area contributed by atoms with Crippen LogP contribution in [0.5, 0.6) is 0 Å². The minimum absolute atomic E-state index is 0.247. The second-order valence-electron chi connectivity index (χ2n) is 4.17. The van der Waals surface area contributed by atoms with Crippen LogP contribution in [0.15, 0.2) is 0 Å². The second-order valence-corrected chi connectivity index (χ2v) is 4.17. The van der Waals surface area contributed by atoms with Crippen molar-refractivity contribution in [2.24, 2.45) is 11.7 Å². The molecule has 0 saturated heterocycles. The molecule has 0 bridgehead atoms. The van der Waals surface area contributed by atoms with E-state index in [1.807, 2.05) is 18.9 Å². The normalized spacial score (nSPS) is 20.9. The van der Waals surface area contributed by atoms with Crippen LogP contribution in [0.4, 0.5) is 0 Å². The quantitative estimate of drug-likeness (QED) is 0.632. The number of aliphatic hydroxyl groups is 1. The number of likely N-dealkylation sites (N-methyl/N-ethyl adjacent to an activating group) is 1. The summed E-state index contributed by atoms with van der Waals surface area (Å²) in [6, 6.07) is -0.247. The molecule has 4 nitrogen and oxygen atoms in total. The summed E-state index contributed by atoms with van der Waals surface area (Å²) in [4.78, 5) is 12.9. The number of hydrogen-bond acceptors (Lipinski definition) is 3. The van der Waals surface area contributed by atoms with Crippen molar-refractivity contribution in [3.63, 3.8) is 0 Å². The van der Waals surface area contributed by atoms with Gasteiger partial charge >= 0.3 is 0 Å². The van der Waals surface area contributed by atoms with Crippen molar-refractivity contribution in [3.8, 4) is 0 Å². The standard InChI is InChI=1S/C10H20N2O2/c1-3-8(10(11)14)12(2)6-9(13)7-4-5-7/h7-9,13H,3-6H2,1-2H3,(H2,11,14). The molecule has 2 atom stereocenters. The van der Waals surface area contributed by atoms with Gasteiger partial charge in [-0.25, -0.2) is 0 Å². The molecule has 1 rings (SSSR count). The topological polar surface area (TPSA) is 66.6 Å². The van der Waals surface area contributed by atoms with Gasteiger partial charge in [-0.05, 0) is 32.2 Å². The van der Waals surface area contributed by atoms with Crippen molar-refractivity contribution in [2.75, 3.05) is 13.6 Å². The van der Waals surface area contributed by atoms with Gasteiger partial charge in [-0.2, -0.15) is 0 Å². The molecular weight excluding hydrogens is 180 g/mol. The Morgan fingerprint density at radius 3 is 2.57 bits per heavy atom. The van der Waals surface area contributed by atoms with Gasteiger partial charge in [-0.1, -0.05) is 6.92 Å². The van der Waals surface area contributed by atoms with Crippen LogP contribution < -0.4 is 5.73 Å². The van der Waals surface area contributed by atoms with E-state index in [2.05, 4.69) is 0 Å². The maximum atomic E-state index is 11.0. The first-order valence-electron chi connectivity index (χ1n) is 5.23. The number of amides is 1. The molecule has 82 valence electrons. The molecule has 1 saturated carbocycles. The van der Waals surface area contributed by atoms with E-state index in [0.29, 0.717) is 18.9 Å². The minimum Gasteiger partial charge on any atom is -0.392 e. The Kier molecular flexibility index (Phi) is 3.89. The molecule has 1 amide bonds. The zero-order chi connectivity index (χ0) is 10.7. The second kappa shape index (κ2) is 4.75. The number of carbonyl (C=O) groups is 1. The molecule has 0 aromatic carbocycles. The summed E-state index contributed by atoms with van der Waals surface area (Å²) in [6.07, 6.45) is 2.63. The van der Waals surface area contributed by atoms with Crippen molar-refractivity contribution in [1.29, 1.82) is 0 Å². The Labute approximate surface area is 85.1 Å². The first-order valence-corrected chi connectivity index (χ1v) is 5.23. The molecular formula is C10H20N2O2. The Hall–Kier alpha value is -0.610. The SMILES string of the molecule is CCC(C(N)=O)N(C)CC(O)C1CC1. The maximum absolute atomic E-state index is 11.0. The number of carbonyl (C=O) groups excluding carboxylic acids is 1. The van der Waals surface area contributed by atoms with E-state index in [1.54, 1.807) is 0 Å². The predicted octanol–water partition coefficient (Wildman–Crippen LogP) is -0.0470. The number of aliphatic hydroxyl groups excluding tert-OH is 1. The highest BCUT2D eigenvalue weighted by Gasteiger charge is 2.32. The molecule has 0 aromatic heterocycles. The molecule has 2 unspecified atom stereocenters. The lowest BCUT2D eigenvalue weighted by Crippen LogP contribution is -2.45. The zero-order valence-corrected chi connectivity index (χ0v) is 8.94. The van der Waals surface area contributed by atoms with E-state index in [0.717, 1.165) is 12.8 Å². The molecule has 1 aliphatic carbocycles. The molecule has 0 aromatic rings. The Morgan fingerprint density at radius 2 is 2.21 bits per heavy atom. The molecule has 0 radical (unpaired) electrons. The van der Waals surface area contributed by atoms with Gasteiger partial charge in [-0.3, -0.25) is 9.69 Å². The fraction of sp³-hybridized carbons (Fsp3) is 0.900. The smallest absolute Gasteiger partial charge is 0.234 e. The monoisotopic (exact) mass is 200 g/mol. The van der Waals surface area contributed by atoms with Crippen LogP contribution in [0.3, 0.4) is 0 Å². The first kappa shape index (κ1) is 11.5. The third kappa shape index (κ3) is 2.96. The van der Waals surface area contributed by atoms with E-state index in [4.69, 9.17) is 5.73 Å². The van der Waals surface area contributed by atoms with Crippen molar-refractivity contribution in [1.82, 2.24) is 4.90 Å². The van der Waals surface area contributed by atoms with Crippen molar-refractivity contribution < 1.29 is 9.90 Å². The van der Waals surface area contributed by atoms with Gasteiger partial charge in [0.05, 0.1) is 12.1 Å². The van der Waals surface area contributed by atoms with E-state index in [1.165, 1.54) is 0 Å². The van der Waals surface area contributed by atoms with Gasteiger partial charge in [0.25, 0.3) is 0 Å². The average Bonchev–Trinajstić information content (AvgIpc) is 2.85. The largest absolute Gasteiger partial charge is 0.392 e. The molecule has 3 N–H and O–H groups in total. The van der Waals surface area contributed by atoms with E-state index in [9.17, 15) is 9.90 Å². The van der Waals surface area contributed by atoms with Crippen LogP contribution in [-0.4, -0.2) is 41.7 Å². The molecule has 0 aliphatic heterocycles. The summed E-state index contributed by atoms with van der Waals surface area (Å²) in [5.74, 6) is 0.140. The van der Waals surface area contributed by atoms with Gasteiger partial charge < -0.3 is 10.8 Å². The number of rotatable bonds is 6. The summed E-state index contributed by atoms with van der Waals surface area (Å²) in [7, 11) is 1.84. The maximum Gasteiger partial charge on any atom is 0.234 e. The molecule has 14 heavy (non-hydrogen) atoms. The Morgan fingerprint density at radius 1 is 1.64 bits per heavy atom. The van der Waals surface area contributed by atoms with Crippen molar-refractivity contribution >= 4 is 5.91 Å². The highest BCUT2D eigenvalue weighted by molar-refractivity contribution is 5.79. The number of hydrogen-bond donors (Lipinski definition) is 2. The van der Waals surface area contributed by atoms with Crippen LogP contribution in [0.25, 0.3) is 0 Å². The molecule has 0 spiro atoms. The lowest BCUT2D eigenvalue weighted by Gasteiger charge is -2.26. The van der Waals surface area contributed by atoms with Crippen LogP contribution >= 0.6 is 0 Å². The third-order valence-corrected chi connectivity index (χ3v) is 2.89. The highest BCUT2D eigenvalue weighted by Crippen LogP contribution is 2.32. The summed E-state index contributed by atoms with van der Waals surface area (Å²) in [5.41, 5.74) is 5.25. The van der Waals surface area contributed by atoms with E-state index < -0.39 is 0 Å². The number of nitrogens with two attached hydrogens (primary N) is 1. The summed E-state index contributed by atoms with van der Waals surface area (Å²) < 4.78 is 0. The number of primary amides is 1. The first-order chi connectivity index (χ1) is 6.56. The van der Waals surface area contributed by atoms with E-state index in [-0.39, 0.29) is 18.1 Å². The van der Waals surface area contributed by atoms with Gasteiger partial charge in [0, 0.05) is 6.54 Å². The van der Waals surface area contributed by atoms with Gasteiger partial charge in [0.15, 0.2) is 0 Å². The minimum atomic E-state index is -0.307. The zero-order valence-electron chi connectivity index (χ0n) is 8.94. The lowest BCUT2D eigenvalue weighted by atomic mass is 10.1. The summed E-state index contributed by atoms with van der Waals surface area (Å²) >= 11 is 0. The fourth-order valence-electron chi connectivity index (χ4n) is 1.78. The Bertz CT molecular complexity index is 204. The van der Waals surface area contributed by atoms with Crippen molar-refractivity contribution in [2.45, 2.75) is 38.3 Å². The van der Waals surface area contributed by atoms with Gasteiger partial charge in [0.2, 0.25) is 5.91 Å². The van der Waals surface area contributed by atoms with Crippen LogP contribution in [-0.2, 0) is 4.79 Å². The van der Waals surface area contributed by atoms with Gasteiger partial charge in [-0.15, -0.1) is 0 Å². The predicted molar refractivity (Wildman–Crippen MR) is 54.6 cm³/mol. The molecule has 1 aliphatic rings. The van der Waals surface area contributed by atoms with Crippen molar-refractivity contribution in [3.05, 3.63) is 0 Å². The Balaban J connectivity index is 2.37.